The number of methoxy groups -OCH3 is 1. The maximum absolute atomic E-state index is 13.5. The molecule has 0 heterocycles. The molecule has 7 nitrogen and oxygen atoms in total. The normalized spacial score (nSPS) is 11.9. The van der Waals surface area contributed by atoms with Crippen LogP contribution < -0.4 is 15.4 Å². The number of nitrogens with one attached hydrogen (secondary N) is 2. The number of halogens is 1. The number of esters is 1. The minimum Gasteiger partial charge on any atom is -0.494 e. The number of rotatable bonds is 6. The summed E-state index contributed by atoms with van der Waals surface area (Å²) in [6.07, 6.45) is 1.22. The van der Waals surface area contributed by atoms with E-state index in [1.807, 2.05) is 0 Å². The number of urea groups is 1. The highest BCUT2D eigenvalue weighted by atomic mass is 19.1. The van der Waals surface area contributed by atoms with E-state index in [0.29, 0.717) is 5.56 Å². The Bertz CT molecular complexity index is 673. The summed E-state index contributed by atoms with van der Waals surface area (Å²) in [5.74, 6) is -2.04. The second kappa shape index (κ2) is 9.41. The summed E-state index contributed by atoms with van der Waals surface area (Å²) < 4.78 is 23.2. The van der Waals surface area contributed by atoms with Crippen molar-refractivity contribution in [2.24, 2.45) is 0 Å². The van der Waals surface area contributed by atoms with Crippen molar-refractivity contribution in [3.05, 3.63) is 35.7 Å². The summed E-state index contributed by atoms with van der Waals surface area (Å²) >= 11 is 0. The van der Waals surface area contributed by atoms with Crippen LogP contribution in [0.2, 0.25) is 0 Å². The van der Waals surface area contributed by atoms with Gasteiger partial charge in [-0.1, -0.05) is 6.07 Å². The van der Waals surface area contributed by atoms with Crippen molar-refractivity contribution < 1.29 is 28.2 Å². The Morgan fingerprint density at radius 2 is 1.88 bits per heavy atom. The van der Waals surface area contributed by atoms with Crippen LogP contribution in [0.25, 0.3) is 6.08 Å². The molecular formula is C17H21FN2O5. The van der Waals surface area contributed by atoms with Gasteiger partial charge in [0.05, 0.1) is 7.11 Å². The zero-order valence-corrected chi connectivity index (χ0v) is 14.5. The lowest BCUT2D eigenvalue weighted by atomic mass is 10.2. The molecule has 1 aromatic rings. The maximum atomic E-state index is 13.5. The minimum absolute atomic E-state index is 0.0877. The van der Waals surface area contributed by atoms with Gasteiger partial charge in [-0.3, -0.25) is 10.1 Å². The molecule has 0 aromatic heterocycles. The van der Waals surface area contributed by atoms with E-state index in [2.05, 4.69) is 10.6 Å². The Hall–Kier alpha value is -2.90. The summed E-state index contributed by atoms with van der Waals surface area (Å²) in [6, 6.07) is 3.35. The van der Waals surface area contributed by atoms with E-state index in [1.54, 1.807) is 19.9 Å². The van der Waals surface area contributed by atoms with Gasteiger partial charge in [-0.05, 0) is 44.5 Å². The molecule has 0 saturated carbocycles. The Labute approximate surface area is 145 Å². The average molecular weight is 352 g/mol. The van der Waals surface area contributed by atoms with Crippen LogP contribution in [0.15, 0.2) is 24.3 Å². The summed E-state index contributed by atoms with van der Waals surface area (Å²) in [5, 5.41) is 4.53. The largest absolute Gasteiger partial charge is 0.494 e. The molecule has 8 heteroatoms. The van der Waals surface area contributed by atoms with Crippen molar-refractivity contribution in [2.75, 3.05) is 7.11 Å². The molecular weight excluding hydrogens is 331 g/mol. The van der Waals surface area contributed by atoms with E-state index in [-0.39, 0.29) is 11.8 Å². The molecule has 3 amide bonds. The fourth-order valence-corrected chi connectivity index (χ4v) is 1.73. The average Bonchev–Trinajstić information content (AvgIpc) is 2.52. The van der Waals surface area contributed by atoms with Gasteiger partial charge in [0, 0.05) is 12.1 Å². The lowest BCUT2D eigenvalue weighted by Crippen LogP contribution is -2.46. The Morgan fingerprint density at radius 3 is 2.44 bits per heavy atom. The standard InChI is InChI=1S/C17H21FN2O5/c1-10(2)19-17(23)20-16(22)11(3)25-15(21)8-6-12-5-7-14(24-4)13(18)9-12/h5-11H,1-4H3,(H2,19,20,22,23)/b8-6+/t11-/m0/s1. The molecule has 2 N–H and O–H groups in total. The van der Waals surface area contributed by atoms with Crippen LogP contribution in [0.3, 0.4) is 0 Å². The topological polar surface area (TPSA) is 93.7 Å². The fraction of sp³-hybridized carbons (Fsp3) is 0.353. The van der Waals surface area contributed by atoms with Crippen LogP contribution in [0.5, 0.6) is 5.75 Å². The molecule has 0 fully saturated rings. The van der Waals surface area contributed by atoms with E-state index in [9.17, 15) is 18.8 Å². The highest BCUT2D eigenvalue weighted by Crippen LogP contribution is 2.18. The molecule has 0 aliphatic carbocycles. The van der Waals surface area contributed by atoms with E-state index in [4.69, 9.17) is 9.47 Å². The zero-order valence-electron chi connectivity index (χ0n) is 14.5. The predicted molar refractivity (Wildman–Crippen MR) is 89.4 cm³/mol. The lowest BCUT2D eigenvalue weighted by Gasteiger charge is -2.13. The first-order valence-corrected chi connectivity index (χ1v) is 7.56. The molecule has 0 aliphatic heterocycles. The second-order valence-electron chi connectivity index (χ2n) is 5.42. The Morgan fingerprint density at radius 1 is 1.20 bits per heavy atom. The highest BCUT2D eigenvalue weighted by molar-refractivity contribution is 5.98. The van der Waals surface area contributed by atoms with Gasteiger partial charge in [0.15, 0.2) is 17.7 Å². The third-order valence-corrected chi connectivity index (χ3v) is 2.91. The number of carbonyl (C=O) groups excluding carboxylic acids is 3. The zero-order chi connectivity index (χ0) is 19.0. The van der Waals surface area contributed by atoms with E-state index in [1.165, 1.54) is 32.2 Å². The molecule has 0 unspecified atom stereocenters. The van der Waals surface area contributed by atoms with Gasteiger partial charge in [0.2, 0.25) is 0 Å². The molecule has 0 radical (unpaired) electrons. The number of hydrogen-bond acceptors (Lipinski definition) is 5. The third kappa shape index (κ3) is 7.03. The quantitative estimate of drug-likeness (QED) is 0.603. The number of amides is 3. The molecule has 0 saturated heterocycles. The van der Waals surface area contributed by atoms with Crippen LogP contribution in [-0.4, -0.2) is 37.2 Å². The van der Waals surface area contributed by atoms with Crippen LogP contribution in [-0.2, 0) is 14.3 Å². The van der Waals surface area contributed by atoms with Gasteiger partial charge in [-0.25, -0.2) is 14.0 Å². The van der Waals surface area contributed by atoms with Gasteiger partial charge in [-0.2, -0.15) is 0 Å². The van der Waals surface area contributed by atoms with Crippen molar-refractivity contribution in [1.29, 1.82) is 0 Å². The van der Waals surface area contributed by atoms with E-state index in [0.717, 1.165) is 6.08 Å². The SMILES string of the molecule is COc1ccc(/C=C/C(=O)O[C@@H](C)C(=O)NC(=O)NC(C)C)cc1F. The van der Waals surface area contributed by atoms with Gasteiger partial charge in [0.25, 0.3) is 5.91 Å². The van der Waals surface area contributed by atoms with Crippen molar-refractivity contribution in [3.8, 4) is 5.75 Å². The van der Waals surface area contributed by atoms with Crippen molar-refractivity contribution in [1.82, 2.24) is 10.6 Å². The smallest absolute Gasteiger partial charge is 0.331 e. The van der Waals surface area contributed by atoms with Crippen molar-refractivity contribution in [2.45, 2.75) is 32.9 Å². The van der Waals surface area contributed by atoms with E-state index >= 15 is 0 Å². The number of carbonyl (C=O) groups is 3. The molecule has 136 valence electrons. The fourth-order valence-electron chi connectivity index (χ4n) is 1.73. The Balaban J connectivity index is 2.56. The lowest BCUT2D eigenvalue weighted by molar-refractivity contribution is -0.149. The first-order valence-electron chi connectivity index (χ1n) is 7.56. The molecule has 25 heavy (non-hydrogen) atoms. The molecule has 0 spiro atoms. The molecule has 0 aliphatic rings. The van der Waals surface area contributed by atoms with E-state index < -0.39 is 29.8 Å². The minimum atomic E-state index is -1.16. The molecule has 1 aromatic carbocycles. The van der Waals surface area contributed by atoms with Crippen LogP contribution in [0, 0.1) is 5.82 Å². The van der Waals surface area contributed by atoms with Crippen LogP contribution in [0.4, 0.5) is 9.18 Å². The Kier molecular flexibility index (Phi) is 7.58. The van der Waals surface area contributed by atoms with Gasteiger partial charge >= 0.3 is 12.0 Å². The summed E-state index contributed by atoms with van der Waals surface area (Å²) in [4.78, 5) is 34.8. The number of hydrogen-bond donors (Lipinski definition) is 2. The molecule has 0 bridgehead atoms. The summed E-state index contributed by atoms with van der Waals surface area (Å²) in [6.45, 7) is 4.80. The van der Waals surface area contributed by atoms with Gasteiger partial charge in [0.1, 0.15) is 0 Å². The molecule has 1 atom stereocenters. The second-order valence-corrected chi connectivity index (χ2v) is 5.42. The number of imide groups is 1. The van der Waals surface area contributed by atoms with Crippen LogP contribution in [0.1, 0.15) is 26.3 Å². The number of ether oxygens (including phenoxy) is 2. The predicted octanol–water partition coefficient (Wildman–Crippen LogP) is 2.01. The first-order chi connectivity index (χ1) is 11.7. The summed E-state index contributed by atoms with van der Waals surface area (Å²) in [5.41, 5.74) is 0.420. The number of benzene rings is 1. The molecule has 1 rings (SSSR count). The summed E-state index contributed by atoms with van der Waals surface area (Å²) in [7, 11) is 1.35. The van der Waals surface area contributed by atoms with Crippen molar-refractivity contribution in [3.63, 3.8) is 0 Å². The third-order valence-electron chi connectivity index (χ3n) is 2.91. The first kappa shape index (κ1) is 20.1. The van der Waals surface area contributed by atoms with Gasteiger partial charge < -0.3 is 14.8 Å². The van der Waals surface area contributed by atoms with Crippen molar-refractivity contribution >= 4 is 24.0 Å². The monoisotopic (exact) mass is 352 g/mol. The van der Waals surface area contributed by atoms with Gasteiger partial charge in [-0.15, -0.1) is 0 Å². The maximum Gasteiger partial charge on any atom is 0.331 e. The van der Waals surface area contributed by atoms with Crippen LogP contribution >= 0.6 is 0 Å². The highest BCUT2D eigenvalue weighted by Gasteiger charge is 2.19.